The highest BCUT2D eigenvalue weighted by Crippen LogP contribution is 2.37. The lowest BCUT2D eigenvalue weighted by molar-refractivity contribution is 0.0281. The van der Waals surface area contributed by atoms with Crippen molar-refractivity contribution in [3.8, 4) is 0 Å². The van der Waals surface area contributed by atoms with Crippen LogP contribution in [-0.4, -0.2) is 21.0 Å². The van der Waals surface area contributed by atoms with Gasteiger partial charge in [0.25, 0.3) is 0 Å². The summed E-state index contributed by atoms with van der Waals surface area (Å²) in [6, 6.07) is 6.56. The summed E-state index contributed by atoms with van der Waals surface area (Å²) in [5, 5.41) is 0.192. The average Bonchev–Trinajstić information content (AvgIpc) is 2.84. The van der Waals surface area contributed by atoms with Crippen molar-refractivity contribution < 1.29 is 13.6 Å². The van der Waals surface area contributed by atoms with E-state index in [0.717, 1.165) is 5.56 Å². The first-order chi connectivity index (χ1) is 9.69. The van der Waals surface area contributed by atoms with Gasteiger partial charge in [0.15, 0.2) is 8.32 Å². The highest BCUT2D eigenvalue weighted by molar-refractivity contribution is 6.74. The second-order valence-corrected chi connectivity index (χ2v) is 11.9. The van der Waals surface area contributed by atoms with Crippen molar-refractivity contribution in [3.05, 3.63) is 47.8 Å². The van der Waals surface area contributed by atoms with Crippen molar-refractivity contribution in [2.24, 2.45) is 0 Å². The molecule has 0 aliphatic carbocycles. The van der Waals surface area contributed by atoms with Crippen molar-refractivity contribution in [2.45, 2.75) is 51.1 Å². The predicted octanol–water partition coefficient (Wildman–Crippen LogP) is 4.84. The van der Waals surface area contributed by atoms with Gasteiger partial charge in [-0.05, 0) is 35.8 Å². The Hall–Kier alpha value is -0.973. The fraction of sp³-hybridized carbons (Fsp3) is 0.529. The molecule has 0 aromatic heterocycles. The summed E-state index contributed by atoms with van der Waals surface area (Å²) in [4.78, 5) is 0. The minimum absolute atomic E-state index is 0.0487. The fourth-order valence-electron chi connectivity index (χ4n) is 1.98. The molecule has 1 heterocycles. The van der Waals surface area contributed by atoms with Crippen LogP contribution in [0.4, 0.5) is 4.39 Å². The van der Waals surface area contributed by atoms with Gasteiger partial charge in [-0.15, -0.1) is 0 Å². The van der Waals surface area contributed by atoms with Gasteiger partial charge in [0.2, 0.25) is 0 Å². The van der Waals surface area contributed by atoms with E-state index in [9.17, 15) is 4.39 Å². The largest absolute Gasteiger partial charge is 0.414 e. The van der Waals surface area contributed by atoms with E-state index in [0.29, 0.717) is 6.61 Å². The van der Waals surface area contributed by atoms with E-state index in [1.807, 2.05) is 18.2 Å². The zero-order valence-corrected chi connectivity index (χ0v) is 14.5. The van der Waals surface area contributed by atoms with Crippen LogP contribution in [0.5, 0.6) is 0 Å². The van der Waals surface area contributed by atoms with Gasteiger partial charge in [0.05, 0.1) is 12.7 Å². The molecule has 2 rings (SSSR count). The van der Waals surface area contributed by atoms with Gasteiger partial charge in [0, 0.05) is 0 Å². The number of rotatable bonds is 4. The highest BCUT2D eigenvalue weighted by atomic mass is 28.4. The van der Waals surface area contributed by atoms with E-state index in [2.05, 4.69) is 33.9 Å². The van der Waals surface area contributed by atoms with Crippen LogP contribution in [0, 0.1) is 5.82 Å². The summed E-state index contributed by atoms with van der Waals surface area (Å²) in [5.41, 5.74) is 0.848. The molecule has 2 nitrogen and oxygen atoms in total. The van der Waals surface area contributed by atoms with E-state index < -0.39 is 8.32 Å². The minimum atomic E-state index is -1.76. The molecule has 0 bridgehead atoms. The van der Waals surface area contributed by atoms with Gasteiger partial charge < -0.3 is 9.16 Å². The topological polar surface area (TPSA) is 18.5 Å². The SMILES string of the molecule is CC(C)(C)[Si](C)(C)OC[C@H]1C=C[C@H](c2cccc(F)c2)O1. The molecule has 1 aliphatic heterocycles. The Morgan fingerprint density at radius 1 is 1.24 bits per heavy atom. The lowest BCUT2D eigenvalue weighted by atomic mass is 10.1. The summed E-state index contributed by atoms with van der Waals surface area (Å²) < 4.78 is 25.4. The number of halogens is 1. The molecule has 0 amide bonds. The summed E-state index contributed by atoms with van der Waals surface area (Å²) in [6.45, 7) is 11.7. The van der Waals surface area contributed by atoms with Crippen LogP contribution < -0.4 is 0 Å². The Balaban J connectivity index is 1.91. The standard InChI is InChI=1S/C17H25FO2Si/c1-17(2,3)21(4,5)19-12-15-9-10-16(20-15)13-7-6-8-14(18)11-13/h6-11,15-16H,12H2,1-5H3/t15-,16-/m1/s1. The zero-order valence-electron chi connectivity index (χ0n) is 13.5. The molecule has 0 unspecified atom stereocenters. The van der Waals surface area contributed by atoms with Crippen molar-refractivity contribution in [2.75, 3.05) is 6.61 Å². The third-order valence-corrected chi connectivity index (χ3v) is 8.91. The van der Waals surface area contributed by atoms with E-state index in [4.69, 9.17) is 9.16 Å². The molecule has 2 atom stereocenters. The molecule has 0 N–H and O–H groups in total. The molecular formula is C17H25FO2Si. The number of hydrogen-bond donors (Lipinski definition) is 0. The third kappa shape index (κ3) is 4.02. The number of ether oxygens (including phenoxy) is 1. The minimum Gasteiger partial charge on any atom is -0.414 e. The summed E-state index contributed by atoms with van der Waals surface area (Å²) in [6.07, 6.45) is 3.78. The average molecular weight is 308 g/mol. The lowest BCUT2D eigenvalue weighted by Gasteiger charge is -2.36. The van der Waals surface area contributed by atoms with Crippen molar-refractivity contribution in [3.63, 3.8) is 0 Å². The van der Waals surface area contributed by atoms with Crippen molar-refractivity contribution in [1.82, 2.24) is 0 Å². The normalized spacial score (nSPS) is 22.8. The smallest absolute Gasteiger partial charge is 0.192 e. The second-order valence-electron chi connectivity index (χ2n) is 7.11. The maximum atomic E-state index is 13.3. The van der Waals surface area contributed by atoms with Gasteiger partial charge >= 0.3 is 0 Å². The van der Waals surface area contributed by atoms with Gasteiger partial charge in [-0.1, -0.05) is 45.1 Å². The van der Waals surface area contributed by atoms with Crippen LogP contribution in [-0.2, 0) is 9.16 Å². The Kier molecular flexibility index (Phi) is 4.71. The van der Waals surface area contributed by atoms with E-state index >= 15 is 0 Å². The maximum absolute atomic E-state index is 13.3. The molecule has 116 valence electrons. The molecule has 21 heavy (non-hydrogen) atoms. The monoisotopic (exact) mass is 308 g/mol. The second kappa shape index (κ2) is 6.03. The fourth-order valence-corrected chi connectivity index (χ4v) is 2.99. The van der Waals surface area contributed by atoms with Crippen molar-refractivity contribution >= 4 is 8.32 Å². The zero-order chi connectivity index (χ0) is 15.7. The van der Waals surface area contributed by atoms with E-state index in [1.54, 1.807) is 6.07 Å². The lowest BCUT2D eigenvalue weighted by Crippen LogP contribution is -2.42. The molecular weight excluding hydrogens is 283 g/mol. The summed E-state index contributed by atoms with van der Waals surface area (Å²) >= 11 is 0. The molecule has 0 radical (unpaired) electrons. The highest BCUT2D eigenvalue weighted by Gasteiger charge is 2.38. The number of benzene rings is 1. The Labute approximate surface area is 128 Å². The van der Waals surface area contributed by atoms with Crippen LogP contribution in [0.15, 0.2) is 36.4 Å². The van der Waals surface area contributed by atoms with Crippen LogP contribution >= 0.6 is 0 Å². The molecule has 0 saturated carbocycles. The van der Waals surface area contributed by atoms with Crippen LogP contribution in [0.25, 0.3) is 0 Å². The quantitative estimate of drug-likeness (QED) is 0.585. The molecule has 1 aromatic rings. The first-order valence-corrected chi connectivity index (χ1v) is 10.3. The first-order valence-electron chi connectivity index (χ1n) is 7.42. The Bertz CT molecular complexity index is 520. The molecule has 4 heteroatoms. The number of hydrogen-bond acceptors (Lipinski definition) is 2. The molecule has 0 fully saturated rings. The van der Waals surface area contributed by atoms with Gasteiger partial charge in [-0.2, -0.15) is 0 Å². The van der Waals surface area contributed by atoms with Crippen LogP contribution in [0.2, 0.25) is 18.1 Å². The van der Waals surface area contributed by atoms with Gasteiger partial charge in [-0.25, -0.2) is 4.39 Å². The predicted molar refractivity (Wildman–Crippen MR) is 86.3 cm³/mol. The van der Waals surface area contributed by atoms with E-state index in [-0.39, 0.29) is 23.1 Å². The van der Waals surface area contributed by atoms with E-state index in [1.165, 1.54) is 12.1 Å². The third-order valence-electron chi connectivity index (χ3n) is 4.41. The Morgan fingerprint density at radius 2 is 1.95 bits per heavy atom. The maximum Gasteiger partial charge on any atom is 0.192 e. The molecule has 0 saturated heterocycles. The van der Waals surface area contributed by atoms with Gasteiger partial charge in [-0.3, -0.25) is 0 Å². The Morgan fingerprint density at radius 3 is 2.57 bits per heavy atom. The first kappa shape index (κ1) is 16.4. The summed E-state index contributed by atoms with van der Waals surface area (Å²) in [7, 11) is -1.76. The van der Waals surface area contributed by atoms with Crippen LogP contribution in [0.3, 0.4) is 0 Å². The van der Waals surface area contributed by atoms with Crippen LogP contribution in [0.1, 0.15) is 32.4 Å². The summed E-state index contributed by atoms with van der Waals surface area (Å²) in [5.74, 6) is -0.231. The molecule has 1 aliphatic rings. The van der Waals surface area contributed by atoms with Gasteiger partial charge in [0.1, 0.15) is 11.9 Å². The molecule has 0 spiro atoms. The van der Waals surface area contributed by atoms with Crippen molar-refractivity contribution in [1.29, 1.82) is 0 Å². The molecule has 1 aromatic carbocycles.